The molecule has 20 heavy (non-hydrogen) atoms. The highest BCUT2D eigenvalue weighted by atomic mass is 15.1. The molecular weight excluding hydrogens is 246 g/mol. The maximum Gasteiger partial charge on any atom is 0.0705 e. The first kappa shape index (κ1) is 13.5. The molecule has 0 aliphatic carbocycles. The predicted molar refractivity (Wildman–Crippen MR) is 83.4 cm³/mol. The lowest BCUT2D eigenvalue weighted by Gasteiger charge is -2.33. The second kappa shape index (κ2) is 5.90. The summed E-state index contributed by atoms with van der Waals surface area (Å²) in [7, 11) is 0. The van der Waals surface area contributed by atoms with Gasteiger partial charge >= 0.3 is 0 Å². The molecule has 1 unspecified atom stereocenters. The average Bonchev–Trinajstić information content (AvgIpc) is 2.48. The fraction of sp³-hybridized carbons (Fsp3) is 0.471. The molecule has 2 aromatic rings. The molecule has 1 aromatic heterocycles. The third-order valence-corrected chi connectivity index (χ3v) is 4.51. The molecule has 0 amide bonds. The molecule has 1 fully saturated rings. The number of aromatic nitrogens is 1. The van der Waals surface area contributed by atoms with E-state index in [2.05, 4.69) is 41.1 Å². The van der Waals surface area contributed by atoms with Gasteiger partial charge in [0.1, 0.15) is 0 Å². The van der Waals surface area contributed by atoms with Crippen molar-refractivity contribution in [2.75, 3.05) is 13.1 Å². The SMILES string of the molecule is CC(N)C1CCN(Cc2ccnc3ccccc23)CC1. The number of pyridine rings is 1. The molecular formula is C17H23N3. The van der Waals surface area contributed by atoms with Gasteiger partial charge in [-0.3, -0.25) is 9.88 Å². The van der Waals surface area contributed by atoms with Crippen molar-refractivity contribution >= 4 is 10.9 Å². The van der Waals surface area contributed by atoms with Crippen LogP contribution in [-0.2, 0) is 6.54 Å². The van der Waals surface area contributed by atoms with Crippen molar-refractivity contribution in [3.05, 3.63) is 42.1 Å². The molecule has 2 N–H and O–H groups in total. The molecule has 3 nitrogen and oxygen atoms in total. The number of nitrogens with two attached hydrogens (primary N) is 1. The van der Waals surface area contributed by atoms with Crippen molar-refractivity contribution in [2.45, 2.75) is 32.4 Å². The van der Waals surface area contributed by atoms with Gasteiger partial charge in [-0.25, -0.2) is 0 Å². The Kier molecular flexibility index (Phi) is 3.99. The standard InChI is InChI=1S/C17H23N3/c1-13(18)14-7-10-20(11-8-14)12-15-6-9-19-17-5-3-2-4-16(15)17/h2-6,9,13-14H,7-8,10-12,18H2,1H3. The van der Waals surface area contributed by atoms with Gasteiger partial charge < -0.3 is 5.73 Å². The van der Waals surface area contributed by atoms with Crippen LogP contribution in [0.1, 0.15) is 25.3 Å². The summed E-state index contributed by atoms with van der Waals surface area (Å²) in [5.41, 5.74) is 8.49. The maximum atomic E-state index is 6.01. The van der Waals surface area contributed by atoms with Crippen LogP contribution in [0.3, 0.4) is 0 Å². The van der Waals surface area contributed by atoms with E-state index < -0.39 is 0 Å². The van der Waals surface area contributed by atoms with Gasteiger partial charge in [-0.05, 0) is 56.5 Å². The zero-order chi connectivity index (χ0) is 13.9. The highest BCUT2D eigenvalue weighted by molar-refractivity contribution is 5.81. The topological polar surface area (TPSA) is 42.1 Å². The number of likely N-dealkylation sites (tertiary alicyclic amines) is 1. The lowest BCUT2D eigenvalue weighted by Crippen LogP contribution is -2.39. The molecule has 2 heterocycles. The maximum absolute atomic E-state index is 6.01. The monoisotopic (exact) mass is 269 g/mol. The second-order valence-electron chi connectivity index (χ2n) is 5.96. The molecule has 3 heteroatoms. The van der Waals surface area contributed by atoms with Gasteiger partial charge in [-0.2, -0.15) is 0 Å². The van der Waals surface area contributed by atoms with Crippen molar-refractivity contribution in [2.24, 2.45) is 11.7 Å². The molecule has 0 radical (unpaired) electrons. The molecule has 3 rings (SSSR count). The van der Waals surface area contributed by atoms with Gasteiger partial charge in [-0.1, -0.05) is 18.2 Å². The number of benzene rings is 1. The minimum atomic E-state index is 0.332. The first-order valence-corrected chi connectivity index (χ1v) is 7.54. The molecule has 106 valence electrons. The zero-order valence-corrected chi connectivity index (χ0v) is 12.1. The van der Waals surface area contributed by atoms with Crippen LogP contribution in [0.5, 0.6) is 0 Å². The van der Waals surface area contributed by atoms with E-state index in [1.807, 2.05) is 12.3 Å². The van der Waals surface area contributed by atoms with Crippen LogP contribution in [0.2, 0.25) is 0 Å². The first-order valence-electron chi connectivity index (χ1n) is 7.54. The van der Waals surface area contributed by atoms with Gasteiger partial charge in [0.05, 0.1) is 5.52 Å². The number of nitrogens with zero attached hydrogens (tertiary/aromatic N) is 2. The van der Waals surface area contributed by atoms with Crippen molar-refractivity contribution in [3.8, 4) is 0 Å². The van der Waals surface area contributed by atoms with Crippen LogP contribution in [0.15, 0.2) is 36.5 Å². The van der Waals surface area contributed by atoms with E-state index in [1.165, 1.54) is 23.8 Å². The van der Waals surface area contributed by atoms with Crippen LogP contribution in [0.25, 0.3) is 10.9 Å². The Morgan fingerprint density at radius 2 is 2.00 bits per heavy atom. The third kappa shape index (κ3) is 2.84. The van der Waals surface area contributed by atoms with E-state index in [0.717, 1.165) is 25.2 Å². The molecule has 1 saturated heterocycles. The van der Waals surface area contributed by atoms with E-state index in [0.29, 0.717) is 12.0 Å². The average molecular weight is 269 g/mol. The zero-order valence-electron chi connectivity index (χ0n) is 12.1. The third-order valence-electron chi connectivity index (χ3n) is 4.51. The minimum absolute atomic E-state index is 0.332. The van der Waals surface area contributed by atoms with Crippen molar-refractivity contribution in [3.63, 3.8) is 0 Å². The van der Waals surface area contributed by atoms with Crippen molar-refractivity contribution in [1.82, 2.24) is 9.88 Å². The van der Waals surface area contributed by atoms with Crippen LogP contribution in [-0.4, -0.2) is 29.0 Å². The summed E-state index contributed by atoms with van der Waals surface area (Å²) < 4.78 is 0. The van der Waals surface area contributed by atoms with E-state index in [9.17, 15) is 0 Å². The Balaban J connectivity index is 1.72. The van der Waals surface area contributed by atoms with Gasteiger partial charge in [0, 0.05) is 24.2 Å². The second-order valence-corrected chi connectivity index (χ2v) is 5.96. The number of fused-ring (bicyclic) bond motifs is 1. The summed E-state index contributed by atoms with van der Waals surface area (Å²) in [5.74, 6) is 0.695. The number of hydrogen-bond acceptors (Lipinski definition) is 3. The van der Waals surface area contributed by atoms with E-state index in [-0.39, 0.29) is 0 Å². The molecule has 0 bridgehead atoms. The van der Waals surface area contributed by atoms with Crippen LogP contribution in [0.4, 0.5) is 0 Å². The lowest BCUT2D eigenvalue weighted by atomic mass is 9.90. The van der Waals surface area contributed by atoms with Gasteiger partial charge in [0.25, 0.3) is 0 Å². The summed E-state index contributed by atoms with van der Waals surface area (Å²) in [6.07, 6.45) is 4.37. The van der Waals surface area contributed by atoms with Crippen LogP contribution >= 0.6 is 0 Å². The molecule has 1 aliphatic heterocycles. The van der Waals surface area contributed by atoms with Crippen molar-refractivity contribution < 1.29 is 0 Å². The summed E-state index contributed by atoms with van der Waals surface area (Å²) in [5, 5.41) is 1.28. The number of piperidine rings is 1. The Hall–Kier alpha value is -1.45. The molecule has 0 saturated carbocycles. The van der Waals surface area contributed by atoms with E-state index in [4.69, 9.17) is 5.73 Å². The highest BCUT2D eigenvalue weighted by Gasteiger charge is 2.22. The quantitative estimate of drug-likeness (QED) is 0.931. The number of rotatable bonds is 3. The fourth-order valence-corrected chi connectivity index (χ4v) is 3.17. The van der Waals surface area contributed by atoms with E-state index in [1.54, 1.807) is 0 Å². The molecule has 1 aliphatic rings. The van der Waals surface area contributed by atoms with Crippen LogP contribution in [0, 0.1) is 5.92 Å². The smallest absolute Gasteiger partial charge is 0.0705 e. The summed E-state index contributed by atoms with van der Waals surface area (Å²) in [4.78, 5) is 6.98. The molecule has 1 aromatic carbocycles. The fourth-order valence-electron chi connectivity index (χ4n) is 3.17. The Morgan fingerprint density at radius 1 is 1.25 bits per heavy atom. The van der Waals surface area contributed by atoms with E-state index >= 15 is 0 Å². The number of para-hydroxylation sites is 1. The molecule has 1 atom stereocenters. The minimum Gasteiger partial charge on any atom is -0.328 e. The van der Waals surface area contributed by atoms with Gasteiger partial charge in [-0.15, -0.1) is 0 Å². The largest absolute Gasteiger partial charge is 0.328 e. The summed E-state index contributed by atoms with van der Waals surface area (Å²) >= 11 is 0. The predicted octanol–water partition coefficient (Wildman–Crippen LogP) is 2.79. The number of hydrogen-bond donors (Lipinski definition) is 1. The lowest BCUT2D eigenvalue weighted by molar-refractivity contribution is 0.166. The summed E-state index contributed by atoms with van der Waals surface area (Å²) in [6, 6.07) is 10.9. The Morgan fingerprint density at radius 3 is 2.75 bits per heavy atom. The summed E-state index contributed by atoms with van der Waals surface area (Å²) in [6.45, 7) is 5.47. The van der Waals surface area contributed by atoms with Crippen molar-refractivity contribution in [1.29, 1.82) is 0 Å². The molecule has 0 spiro atoms. The van der Waals surface area contributed by atoms with Gasteiger partial charge in [0.2, 0.25) is 0 Å². The Bertz CT molecular complexity index is 566. The Labute approximate surface area is 120 Å². The van der Waals surface area contributed by atoms with Gasteiger partial charge in [0.15, 0.2) is 0 Å². The van der Waals surface area contributed by atoms with Crippen LogP contribution < -0.4 is 5.73 Å². The first-order chi connectivity index (χ1) is 9.74. The highest BCUT2D eigenvalue weighted by Crippen LogP contribution is 2.23. The normalized spacial score (nSPS) is 19.3.